The summed E-state index contributed by atoms with van der Waals surface area (Å²) in [6, 6.07) is 7.78. The molecular formula is C14H12BrFINS. The molecule has 100 valence electrons. The number of hydrogen-bond donors (Lipinski definition) is 1. The van der Waals surface area contributed by atoms with Crippen molar-refractivity contribution in [1.82, 2.24) is 0 Å². The van der Waals surface area contributed by atoms with Gasteiger partial charge in [-0.15, -0.1) is 11.3 Å². The van der Waals surface area contributed by atoms with Crippen molar-refractivity contribution in [3.05, 3.63) is 47.9 Å². The van der Waals surface area contributed by atoms with E-state index in [9.17, 15) is 4.39 Å². The maximum Gasteiger partial charge on any atom is 0.139 e. The number of aryl methyl sites for hydroxylation is 1. The summed E-state index contributed by atoms with van der Waals surface area (Å²) in [4.78, 5) is 1.48. The van der Waals surface area contributed by atoms with Crippen molar-refractivity contribution in [3.8, 4) is 0 Å². The summed E-state index contributed by atoms with van der Waals surface area (Å²) >= 11 is 7.43. The standard InChI is InChI=1S/C14H12BrFINS/c15-10-5-4-8(6-11(10)16)18-12-2-1-3-13-9(12)7-14(17)19-13/h4-7,12,18H,1-3H2. The van der Waals surface area contributed by atoms with Crippen molar-refractivity contribution in [2.45, 2.75) is 25.3 Å². The first-order valence-electron chi connectivity index (χ1n) is 6.13. The van der Waals surface area contributed by atoms with E-state index in [0.717, 1.165) is 12.1 Å². The van der Waals surface area contributed by atoms with Crippen LogP contribution in [0.5, 0.6) is 0 Å². The maximum atomic E-state index is 13.5. The van der Waals surface area contributed by atoms with Crippen molar-refractivity contribution in [1.29, 1.82) is 0 Å². The maximum absolute atomic E-state index is 13.5. The molecule has 1 N–H and O–H groups in total. The Morgan fingerprint density at radius 1 is 1.37 bits per heavy atom. The van der Waals surface area contributed by atoms with E-state index in [1.54, 1.807) is 12.1 Å². The van der Waals surface area contributed by atoms with Crippen LogP contribution in [0.2, 0.25) is 0 Å². The molecular weight excluding hydrogens is 440 g/mol. The molecule has 0 radical (unpaired) electrons. The zero-order valence-corrected chi connectivity index (χ0v) is 14.6. The quantitative estimate of drug-likeness (QED) is 0.573. The third kappa shape index (κ3) is 2.97. The molecule has 1 aliphatic carbocycles. The first kappa shape index (κ1) is 13.8. The minimum absolute atomic E-state index is 0.221. The van der Waals surface area contributed by atoms with Crippen molar-refractivity contribution in [2.24, 2.45) is 0 Å². The average Bonchev–Trinajstić information content (AvgIpc) is 2.75. The molecule has 1 atom stereocenters. The van der Waals surface area contributed by atoms with E-state index in [-0.39, 0.29) is 5.82 Å². The fraction of sp³-hybridized carbons (Fsp3) is 0.286. The largest absolute Gasteiger partial charge is 0.378 e. The lowest BCUT2D eigenvalue weighted by molar-refractivity contribution is 0.604. The summed E-state index contributed by atoms with van der Waals surface area (Å²) in [5.41, 5.74) is 2.24. The summed E-state index contributed by atoms with van der Waals surface area (Å²) in [6.45, 7) is 0. The van der Waals surface area contributed by atoms with Crippen LogP contribution in [0.15, 0.2) is 28.7 Å². The van der Waals surface area contributed by atoms with Crippen LogP contribution in [-0.2, 0) is 6.42 Å². The highest BCUT2D eigenvalue weighted by Gasteiger charge is 2.22. The molecule has 5 heteroatoms. The van der Waals surface area contributed by atoms with Gasteiger partial charge in [0.15, 0.2) is 0 Å². The van der Waals surface area contributed by atoms with Gasteiger partial charge in [0.25, 0.3) is 0 Å². The van der Waals surface area contributed by atoms with Crippen LogP contribution in [-0.4, -0.2) is 0 Å². The van der Waals surface area contributed by atoms with Crippen molar-refractivity contribution in [3.63, 3.8) is 0 Å². The Labute approximate surface area is 137 Å². The van der Waals surface area contributed by atoms with Gasteiger partial charge in [-0.25, -0.2) is 4.39 Å². The zero-order chi connectivity index (χ0) is 13.4. The Balaban J connectivity index is 1.86. The predicted molar refractivity (Wildman–Crippen MR) is 90.4 cm³/mol. The van der Waals surface area contributed by atoms with Crippen LogP contribution in [0.25, 0.3) is 0 Å². The van der Waals surface area contributed by atoms with Gasteiger partial charge in [0, 0.05) is 10.6 Å². The highest BCUT2D eigenvalue weighted by Crippen LogP contribution is 2.38. The lowest BCUT2D eigenvalue weighted by Crippen LogP contribution is -2.15. The minimum Gasteiger partial charge on any atom is -0.378 e. The number of hydrogen-bond acceptors (Lipinski definition) is 2. The fourth-order valence-electron chi connectivity index (χ4n) is 2.46. The molecule has 0 aliphatic heterocycles. The second-order valence-corrected chi connectivity index (χ2v) is 8.53. The van der Waals surface area contributed by atoms with E-state index >= 15 is 0 Å². The molecule has 1 aliphatic rings. The number of benzene rings is 1. The molecule has 0 spiro atoms. The van der Waals surface area contributed by atoms with Gasteiger partial charge in [-0.1, -0.05) is 0 Å². The van der Waals surface area contributed by atoms with Gasteiger partial charge in [-0.3, -0.25) is 0 Å². The Bertz CT molecular complexity index is 613. The Kier molecular flexibility index (Phi) is 4.14. The van der Waals surface area contributed by atoms with E-state index in [0.29, 0.717) is 10.5 Å². The van der Waals surface area contributed by atoms with Crippen LogP contribution >= 0.6 is 49.9 Å². The average molecular weight is 452 g/mol. The lowest BCUT2D eigenvalue weighted by Gasteiger charge is -2.24. The highest BCUT2D eigenvalue weighted by molar-refractivity contribution is 14.1. The Morgan fingerprint density at radius 3 is 3.00 bits per heavy atom. The molecule has 0 amide bonds. The topological polar surface area (TPSA) is 12.0 Å². The van der Waals surface area contributed by atoms with Crippen molar-refractivity contribution in [2.75, 3.05) is 5.32 Å². The van der Waals surface area contributed by atoms with E-state index in [4.69, 9.17) is 0 Å². The summed E-state index contributed by atoms with van der Waals surface area (Å²) in [5, 5.41) is 3.46. The summed E-state index contributed by atoms with van der Waals surface area (Å²) < 4.78 is 15.4. The van der Waals surface area contributed by atoms with Gasteiger partial charge in [0.1, 0.15) is 5.82 Å². The van der Waals surface area contributed by atoms with Gasteiger partial charge in [-0.2, -0.15) is 0 Å². The number of thiophene rings is 1. The first-order chi connectivity index (χ1) is 9.13. The van der Waals surface area contributed by atoms with E-state index < -0.39 is 0 Å². The van der Waals surface area contributed by atoms with E-state index in [2.05, 4.69) is 49.9 Å². The van der Waals surface area contributed by atoms with Gasteiger partial charge >= 0.3 is 0 Å². The lowest BCUT2D eigenvalue weighted by atomic mass is 9.94. The van der Waals surface area contributed by atoms with Gasteiger partial charge in [0.2, 0.25) is 0 Å². The molecule has 1 aromatic heterocycles. The third-order valence-corrected chi connectivity index (χ3v) is 5.96. The number of anilines is 1. The molecule has 19 heavy (non-hydrogen) atoms. The molecule has 1 nitrogen and oxygen atoms in total. The molecule has 1 unspecified atom stereocenters. The van der Waals surface area contributed by atoms with Gasteiger partial charge < -0.3 is 5.32 Å². The van der Waals surface area contributed by atoms with Crippen LogP contribution in [0.4, 0.5) is 10.1 Å². The monoisotopic (exact) mass is 451 g/mol. The smallest absolute Gasteiger partial charge is 0.139 e. The normalized spacial score (nSPS) is 18.2. The molecule has 2 aromatic rings. The second kappa shape index (κ2) is 5.69. The van der Waals surface area contributed by atoms with Crippen LogP contribution in [0.1, 0.15) is 29.3 Å². The van der Waals surface area contributed by atoms with Gasteiger partial charge in [-0.05, 0) is 87.6 Å². The third-order valence-electron chi connectivity index (χ3n) is 3.34. The molecule has 0 saturated heterocycles. The molecule has 1 heterocycles. The highest BCUT2D eigenvalue weighted by atomic mass is 127. The van der Waals surface area contributed by atoms with Crippen LogP contribution < -0.4 is 5.32 Å². The van der Waals surface area contributed by atoms with Crippen molar-refractivity contribution < 1.29 is 4.39 Å². The summed E-state index contributed by atoms with van der Waals surface area (Å²) in [6.07, 6.45) is 3.48. The fourth-order valence-corrected chi connectivity index (χ4v) is 4.82. The first-order valence-corrected chi connectivity index (χ1v) is 8.82. The van der Waals surface area contributed by atoms with Crippen LogP contribution in [0, 0.1) is 8.70 Å². The van der Waals surface area contributed by atoms with Crippen LogP contribution in [0.3, 0.4) is 0 Å². The molecule has 0 fully saturated rings. The predicted octanol–water partition coefficient (Wildman–Crippen LogP) is 5.74. The van der Waals surface area contributed by atoms with E-state index in [1.807, 2.05) is 17.4 Å². The molecule has 1 aromatic carbocycles. The number of halogens is 3. The van der Waals surface area contributed by atoms with E-state index in [1.165, 1.54) is 26.2 Å². The SMILES string of the molecule is Fc1cc(NC2CCCc3sc(I)cc32)ccc1Br. The second-order valence-electron chi connectivity index (χ2n) is 4.65. The van der Waals surface area contributed by atoms with Crippen molar-refractivity contribution >= 4 is 55.5 Å². The molecule has 0 bridgehead atoms. The Morgan fingerprint density at radius 2 is 2.21 bits per heavy atom. The minimum atomic E-state index is -0.221. The Hall–Kier alpha value is -0.140. The number of fused-ring (bicyclic) bond motifs is 1. The molecule has 3 rings (SSSR count). The van der Waals surface area contributed by atoms with Gasteiger partial charge in [0.05, 0.1) is 13.4 Å². The summed E-state index contributed by atoms with van der Waals surface area (Å²) in [7, 11) is 0. The molecule has 0 saturated carbocycles. The summed E-state index contributed by atoms with van der Waals surface area (Å²) in [5.74, 6) is -0.221. The number of rotatable bonds is 2. The number of nitrogens with one attached hydrogen (secondary N) is 1. The zero-order valence-electron chi connectivity index (χ0n) is 10.1.